The van der Waals surface area contributed by atoms with Crippen molar-refractivity contribution in [3.05, 3.63) is 48.3 Å². The maximum atomic E-state index is 13.0. The molecule has 0 fully saturated rings. The highest BCUT2D eigenvalue weighted by Crippen LogP contribution is 2.19. The summed E-state index contributed by atoms with van der Waals surface area (Å²) in [5, 5.41) is 8.94. The van der Waals surface area contributed by atoms with Crippen LogP contribution >= 0.6 is 0 Å². The van der Waals surface area contributed by atoms with Crippen LogP contribution in [0.4, 0.5) is 4.39 Å². The van der Waals surface area contributed by atoms with Crippen LogP contribution in [0.25, 0.3) is 0 Å². The van der Waals surface area contributed by atoms with Gasteiger partial charge in [-0.3, -0.25) is 0 Å². The minimum absolute atomic E-state index is 0.164. The first-order chi connectivity index (χ1) is 9.16. The minimum atomic E-state index is -1.20. The van der Waals surface area contributed by atoms with E-state index >= 15 is 0 Å². The molecule has 6 heteroatoms. The van der Waals surface area contributed by atoms with Gasteiger partial charge in [0.25, 0.3) is 0 Å². The summed E-state index contributed by atoms with van der Waals surface area (Å²) in [5.74, 6) is -1.62. The van der Waals surface area contributed by atoms with Crippen LogP contribution in [0.15, 0.2) is 36.9 Å². The van der Waals surface area contributed by atoms with E-state index in [4.69, 9.17) is 9.84 Å². The van der Waals surface area contributed by atoms with Gasteiger partial charge in [0.2, 0.25) is 0 Å². The number of imidazole rings is 1. The van der Waals surface area contributed by atoms with Gasteiger partial charge in [-0.2, -0.15) is 0 Å². The van der Waals surface area contributed by atoms with Crippen molar-refractivity contribution in [1.82, 2.24) is 9.55 Å². The summed E-state index contributed by atoms with van der Waals surface area (Å²) < 4.78 is 20.2. The molecule has 5 nitrogen and oxygen atoms in total. The van der Waals surface area contributed by atoms with Crippen molar-refractivity contribution in [1.29, 1.82) is 0 Å². The van der Waals surface area contributed by atoms with Crippen molar-refractivity contribution in [2.75, 3.05) is 6.61 Å². The fourth-order valence-electron chi connectivity index (χ4n) is 1.64. The van der Waals surface area contributed by atoms with Crippen LogP contribution in [0, 0.1) is 5.82 Å². The van der Waals surface area contributed by atoms with Gasteiger partial charge in [-0.25, -0.2) is 14.2 Å². The molecule has 2 rings (SSSR count). The number of halogens is 1. The van der Waals surface area contributed by atoms with E-state index in [1.165, 1.54) is 12.1 Å². The Bertz CT molecular complexity index is 555. The molecule has 100 valence electrons. The number of aromatic nitrogens is 2. The number of rotatable bonds is 6. The number of benzene rings is 1. The monoisotopic (exact) mass is 264 g/mol. The number of carboxylic acids is 1. The fourth-order valence-corrected chi connectivity index (χ4v) is 1.64. The number of hydrogen-bond acceptors (Lipinski definition) is 3. The fraction of sp³-hybridized carbons (Fsp3) is 0.231. The van der Waals surface area contributed by atoms with Gasteiger partial charge < -0.3 is 14.4 Å². The highest BCUT2D eigenvalue weighted by Gasteiger charge is 2.12. The van der Waals surface area contributed by atoms with E-state index in [0.29, 0.717) is 13.0 Å². The lowest BCUT2D eigenvalue weighted by Crippen LogP contribution is -2.07. The quantitative estimate of drug-likeness (QED) is 0.812. The number of carboxylic acid groups (broad SMARTS) is 1. The smallest absolute Gasteiger partial charge is 0.339 e. The van der Waals surface area contributed by atoms with Crippen LogP contribution in [0.5, 0.6) is 5.75 Å². The molecule has 2 aromatic rings. The first kappa shape index (κ1) is 13.1. The van der Waals surface area contributed by atoms with Gasteiger partial charge in [0.15, 0.2) is 0 Å². The van der Waals surface area contributed by atoms with E-state index < -0.39 is 11.8 Å². The largest absolute Gasteiger partial charge is 0.493 e. The molecule has 0 atom stereocenters. The Kier molecular flexibility index (Phi) is 4.12. The predicted octanol–water partition coefficient (Wildman–Crippen LogP) is 2.19. The first-order valence-corrected chi connectivity index (χ1v) is 5.78. The average molecular weight is 264 g/mol. The topological polar surface area (TPSA) is 64.3 Å². The molecule has 1 N–H and O–H groups in total. The zero-order valence-corrected chi connectivity index (χ0v) is 10.1. The van der Waals surface area contributed by atoms with Crippen LogP contribution < -0.4 is 4.74 Å². The third kappa shape index (κ3) is 3.54. The molecule has 0 bridgehead atoms. The predicted molar refractivity (Wildman–Crippen MR) is 65.7 cm³/mol. The summed E-state index contributed by atoms with van der Waals surface area (Å²) in [4.78, 5) is 14.8. The standard InChI is InChI=1S/C13H13FN2O3/c14-10-2-3-12(11(8-10)13(17)18)19-7-1-5-16-6-4-15-9-16/h2-4,6,8-9H,1,5,7H2,(H,17,18). The minimum Gasteiger partial charge on any atom is -0.493 e. The van der Waals surface area contributed by atoms with Crippen molar-refractivity contribution in [2.45, 2.75) is 13.0 Å². The van der Waals surface area contributed by atoms with Crippen LogP contribution in [0.1, 0.15) is 16.8 Å². The van der Waals surface area contributed by atoms with Gasteiger partial charge in [-0.05, 0) is 24.6 Å². The van der Waals surface area contributed by atoms with Gasteiger partial charge in [-0.1, -0.05) is 0 Å². The molecule has 0 spiro atoms. The molecular weight excluding hydrogens is 251 g/mol. The molecule has 1 heterocycles. The molecule has 0 saturated heterocycles. The number of nitrogens with zero attached hydrogens (tertiary/aromatic N) is 2. The third-order valence-electron chi connectivity index (χ3n) is 2.55. The number of aryl methyl sites for hydroxylation is 1. The van der Waals surface area contributed by atoms with E-state index in [9.17, 15) is 9.18 Å². The van der Waals surface area contributed by atoms with Gasteiger partial charge in [-0.15, -0.1) is 0 Å². The summed E-state index contributed by atoms with van der Waals surface area (Å²) in [6, 6.07) is 3.46. The SMILES string of the molecule is O=C(O)c1cc(F)ccc1OCCCn1ccnc1. The highest BCUT2D eigenvalue weighted by atomic mass is 19.1. The Labute approximate surface area is 109 Å². The zero-order chi connectivity index (χ0) is 13.7. The lowest BCUT2D eigenvalue weighted by Gasteiger charge is -2.09. The second kappa shape index (κ2) is 5.99. The van der Waals surface area contributed by atoms with Gasteiger partial charge in [0, 0.05) is 18.9 Å². The number of carbonyl (C=O) groups is 1. The maximum Gasteiger partial charge on any atom is 0.339 e. The zero-order valence-electron chi connectivity index (χ0n) is 10.1. The lowest BCUT2D eigenvalue weighted by atomic mass is 10.2. The summed E-state index contributed by atoms with van der Waals surface area (Å²) in [5.41, 5.74) is -0.164. The molecular formula is C13H13FN2O3. The number of aromatic carboxylic acids is 1. The second-order valence-corrected chi connectivity index (χ2v) is 3.95. The highest BCUT2D eigenvalue weighted by molar-refractivity contribution is 5.90. The van der Waals surface area contributed by atoms with E-state index in [0.717, 1.165) is 12.6 Å². The van der Waals surface area contributed by atoms with Gasteiger partial charge in [0.1, 0.15) is 17.1 Å². The van der Waals surface area contributed by atoms with Crippen molar-refractivity contribution < 1.29 is 19.0 Å². The van der Waals surface area contributed by atoms with Crippen LogP contribution in [-0.2, 0) is 6.54 Å². The molecule has 19 heavy (non-hydrogen) atoms. The van der Waals surface area contributed by atoms with Crippen molar-refractivity contribution in [2.24, 2.45) is 0 Å². The van der Waals surface area contributed by atoms with Crippen LogP contribution in [0.3, 0.4) is 0 Å². The Hall–Kier alpha value is -2.37. The van der Waals surface area contributed by atoms with E-state index in [1.807, 2.05) is 10.8 Å². The molecule has 0 radical (unpaired) electrons. The summed E-state index contributed by atoms with van der Waals surface area (Å²) in [6.45, 7) is 1.08. The van der Waals surface area contributed by atoms with E-state index in [1.54, 1.807) is 12.5 Å². The van der Waals surface area contributed by atoms with Crippen LogP contribution in [0.2, 0.25) is 0 Å². The van der Waals surface area contributed by atoms with E-state index in [2.05, 4.69) is 4.98 Å². The average Bonchev–Trinajstić information content (AvgIpc) is 2.89. The van der Waals surface area contributed by atoms with Crippen molar-refractivity contribution in [3.63, 3.8) is 0 Å². The Morgan fingerprint density at radius 2 is 2.32 bits per heavy atom. The number of ether oxygens (including phenoxy) is 1. The molecule has 1 aromatic carbocycles. The molecule has 1 aromatic heterocycles. The molecule has 0 aliphatic heterocycles. The molecule has 0 saturated carbocycles. The van der Waals surface area contributed by atoms with Crippen molar-refractivity contribution in [3.8, 4) is 5.75 Å². The van der Waals surface area contributed by atoms with E-state index in [-0.39, 0.29) is 11.3 Å². The normalized spacial score (nSPS) is 10.4. The lowest BCUT2D eigenvalue weighted by molar-refractivity contribution is 0.0691. The number of hydrogen-bond donors (Lipinski definition) is 1. The summed E-state index contributed by atoms with van der Waals surface area (Å²) in [7, 11) is 0. The Balaban J connectivity index is 1.90. The second-order valence-electron chi connectivity index (χ2n) is 3.95. The molecule has 0 aliphatic rings. The Morgan fingerprint density at radius 3 is 3.00 bits per heavy atom. The Morgan fingerprint density at radius 1 is 1.47 bits per heavy atom. The maximum absolute atomic E-state index is 13.0. The van der Waals surface area contributed by atoms with Crippen LogP contribution in [-0.4, -0.2) is 27.2 Å². The molecule has 0 aliphatic carbocycles. The summed E-state index contributed by atoms with van der Waals surface area (Å²) in [6.07, 6.45) is 5.91. The van der Waals surface area contributed by atoms with Gasteiger partial charge in [0.05, 0.1) is 12.9 Å². The van der Waals surface area contributed by atoms with Crippen molar-refractivity contribution >= 4 is 5.97 Å². The first-order valence-electron chi connectivity index (χ1n) is 5.78. The third-order valence-corrected chi connectivity index (χ3v) is 2.55. The summed E-state index contributed by atoms with van der Waals surface area (Å²) >= 11 is 0. The molecule has 0 amide bonds. The molecule has 0 unspecified atom stereocenters. The van der Waals surface area contributed by atoms with Gasteiger partial charge >= 0.3 is 5.97 Å².